The Labute approximate surface area is 106 Å². The van der Waals surface area contributed by atoms with E-state index >= 15 is 0 Å². The first-order valence-corrected chi connectivity index (χ1v) is 6.87. The van der Waals surface area contributed by atoms with Crippen molar-refractivity contribution in [2.24, 2.45) is 17.1 Å². The van der Waals surface area contributed by atoms with Gasteiger partial charge in [-0.3, -0.25) is 4.90 Å². The van der Waals surface area contributed by atoms with Crippen LogP contribution in [0.25, 0.3) is 0 Å². The number of nitrogens with zero attached hydrogens (tertiary/aromatic N) is 1. The Hall–Kier alpha value is -0.120. The predicted molar refractivity (Wildman–Crippen MR) is 72.9 cm³/mol. The Morgan fingerprint density at radius 1 is 1.47 bits per heavy atom. The number of nitrogens with two attached hydrogens (primary N) is 1. The summed E-state index contributed by atoms with van der Waals surface area (Å²) in [5, 5.41) is 9.43. The number of hydrogen-bond acceptors (Lipinski definition) is 3. The van der Waals surface area contributed by atoms with Gasteiger partial charge in [-0.25, -0.2) is 0 Å². The van der Waals surface area contributed by atoms with Crippen LogP contribution in [-0.4, -0.2) is 42.3 Å². The second-order valence-corrected chi connectivity index (χ2v) is 6.73. The highest BCUT2D eigenvalue weighted by atomic mass is 16.3. The van der Waals surface area contributed by atoms with Crippen LogP contribution < -0.4 is 5.73 Å². The quantitative estimate of drug-likeness (QED) is 0.773. The van der Waals surface area contributed by atoms with Crippen molar-refractivity contribution in [2.75, 3.05) is 26.7 Å². The van der Waals surface area contributed by atoms with Gasteiger partial charge in [-0.1, -0.05) is 19.8 Å². The van der Waals surface area contributed by atoms with Crippen LogP contribution in [0.15, 0.2) is 0 Å². The highest BCUT2D eigenvalue weighted by Gasteiger charge is 2.37. The third-order valence-corrected chi connectivity index (χ3v) is 4.61. The molecule has 0 aromatic rings. The van der Waals surface area contributed by atoms with Crippen LogP contribution >= 0.6 is 0 Å². The molecule has 0 heterocycles. The van der Waals surface area contributed by atoms with Crippen molar-refractivity contribution < 1.29 is 5.11 Å². The minimum atomic E-state index is -0.150. The molecule has 2 atom stereocenters. The molecular formula is C14H30N2O. The van der Waals surface area contributed by atoms with E-state index in [0.717, 1.165) is 19.0 Å². The monoisotopic (exact) mass is 242 g/mol. The van der Waals surface area contributed by atoms with E-state index < -0.39 is 0 Å². The van der Waals surface area contributed by atoms with E-state index in [4.69, 9.17) is 5.73 Å². The Bertz CT molecular complexity index is 242. The molecule has 1 rings (SSSR count). The molecule has 3 N–H and O–H groups in total. The number of rotatable bonds is 5. The van der Waals surface area contributed by atoms with Gasteiger partial charge in [-0.2, -0.15) is 0 Å². The largest absolute Gasteiger partial charge is 0.394 e. The molecule has 0 spiro atoms. The summed E-state index contributed by atoms with van der Waals surface area (Å²) in [6.45, 7) is 8.47. The molecule has 0 aromatic heterocycles. The maximum atomic E-state index is 9.43. The first-order valence-electron chi connectivity index (χ1n) is 6.87. The zero-order valence-corrected chi connectivity index (χ0v) is 12.0. The van der Waals surface area contributed by atoms with Crippen LogP contribution in [0, 0.1) is 11.3 Å². The molecule has 3 nitrogen and oxygen atoms in total. The minimum Gasteiger partial charge on any atom is -0.394 e. The van der Waals surface area contributed by atoms with Crippen molar-refractivity contribution in [1.29, 1.82) is 0 Å². The smallest absolute Gasteiger partial charge is 0.0609 e. The summed E-state index contributed by atoms with van der Waals surface area (Å²) < 4.78 is 0. The van der Waals surface area contributed by atoms with Crippen molar-refractivity contribution in [3.8, 4) is 0 Å². The van der Waals surface area contributed by atoms with Crippen molar-refractivity contribution >= 4 is 0 Å². The maximum Gasteiger partial charge on any atom is 0.0609 e. The van der Waals surface area contributed by atoms with Crippen LogP contribution in [0.2, 0.25) is 0 Å². The molecule has 2 unspecified atom stereocenters. The lowest BCUT2D eigenvalue weighted by Gasteiger charge is -2.45. The third-order valence-electron chi connectivity index (χ3n) is 4.61. The summed E-state index contributed by atoms with van der Waals surface area (Å²) >= 11 is 0. The van der Waals surface area contributed by atoms with Gasteiger partial charge in [-0.15, -0.1) is 0 Å². The molecule has 1 fully saturated rings. The highest BCUT2D eigenvalue weighted by molar-refractivity contribution is 4.91. The van der Waals surface area contributed by atoms with Crippen LogP contribution in [0.5, 0.6) is 0 Å². The lowest BCUT2D eigenvalue weighted by atomic mass is 9.69. The van der Waals surface area contributed by atoms with Crippen LogP contribution in [0.4, 0.5) is 0 Å². The molecule has 1 saturated carbocycles. The first kappa shape index (κ1) is 14.9. The second-order valence-electron chi connectivity index (χ2n) is 6.73. The Morgan fingerprint density at radius 2 is 2.12 bits per heavy atom. The normalized spacial score (nSPS) is 30.9. The Kier molecular flexibility index (Phi) is 4.99. The summed E-state index contributed by atoms with van der Waals surface area (Å²) in [5.41, 5.74) is 6.16. The van der Waals surface area contributed by atoms with Crippen LogP contribution in [-0.2, 0) is 0 Å². The summed E-state index contributed by atoms with van der Waals surface area (Å²) in [4.78, 5) is 2.28. The third kappa shape index (κ3) is 3.67. The predicted octanol–water partition coefficient (Wildman–Crippen LogP) is 1.84. The molecule has 1 aliphatic rings. The van der Waals surface area contributed by atoms with E-state index in [9.17, 15) is 5.11 Å². The minimum absolute atomic E-state index is 0.150. The van der Waals surface area contributed by atoms with E-state index in [1.165, 1.54) is 25.7 Å². The topological polar surface area (TPSA) is 49.5 Å². The van der Waals surface area contributed by atoms with E-state index in [2.05, 4.69) is 32.7 Å². The number of aliphatic hydroxyl groups is 1. The fourth-order valence-corrected chi connectivity index (χ4v) is 3.00. The van der Waals surface area contributed by atoms with Gasteiger partial charge in [0.1, 0.15) is 0 Å². The summed E-state index contributed by atoms with van der Waals surface area (Å²) in [5.74, 6) is 0.790. The highest BCUT2D eigenvalue weighted by Crippen LogP contribution is 2.39. The molecule has 0 bridgehead atoms. The SMILES string of the molecule is CC1CCCC(CN)(CN(C)C(C)(C)CO)C1. The Morgan fingerprint density at radius 3 is 2.59 bits per heavy atom. The fourth-order valence-electron chi connectivity index (χ4n) is 3.00. The average molecular weight is 242 g/mol. The molecule has 3 heteroatoms. The van der Waals surface area contributed by atoms with E-state index in [0.29, 0.717) is 0 Å². The van der Waals surface area contributed by atoms with Gasteiger partial charge in [0.15, 0.2) is 0 Å². The van der Waals surface area contributed by atoms with Crippen LogP contribution in [0.1, 0.15) is 46.5 Å². The lowest BCUT2D eigenvalue weighted by molar-refractivity contribution is 0.0211. The number of likely N-dealkylation sites (N-methyl/N-ethyl adjacent to an activating group) is 1. The Balaban J connectivity index is 2.68. The van der Waals surface area contributed by atoms with Gasteiger partial charge >= 0.3 is 0 Å². The van der Waals surface area contributed by atoms with Gasteiger partial charge in [0, 0.05) is 12.1 Å². The molecule has 102 valence electrons. The van der Waals surface area contributed by atoms with Gasteiger partial charge in [-0.05, 0) is 51.6 Å². The standard InChI is InChI=1S/C14H30N2O/c1-12-6-5-7-14(8-12,9-15)10-16(4)13(2,3)11-17/h12,17H,5-11,15H2,1-4H3. The number of aliphatic hydroxyl groups excluding tert-OH is 1. The van der Waals surface area contributed by atoms with Crippen molar-refractivity contribution in [2.45, 2.75) is 52.0 Å². The summed E-state index contributed by atoms with van der Waals surface area (Å²) in [6, 6.07) is 0. The van der Waals surface area contributed by atoms with Gasteiger partial charge in [0.05, 0.1) is 6.61 Å². The van der Waals surface area contributed by atoms with Gasteiger partial charge in [0.25, 0.3) is 0 Å². The molecule has 17 heavy (non-hydrogen) atoms. The van der Waals surface area contributed by atoms with Gasteiger partial charge in [0.2, 0.25) is 0 Å². The number of hydrogen-bond donors (Lipinski definition) is 2. The molecule has 0 saturated heterocycles. The van der Waals surface area contributed by atoms with Gasteiger partial charge < -0.3 is 10.8 Å². The van der Waals surface area contributed by atoms with Crippen molar-refractivity contribution in [3.05, 3.63) is 0 Å². The molecule has 1 aliphatic carbocycles. The fraction of sp³-hybridized carbons (Fsp3) is 1.00. The zero-order valence-electron chi connectivity index (χ0n) is 12.0. The average Bonchev–Trinajstić information content (AvgIpc) is 2.29. The van der Waals surface area contributed by atoms with E-state index in [-0.39, 0.29) is 17.6 Å². The summed E-state index contributed by atoms with van der Waals surface area (Å²) in [6.07, 6.45) is 5.11. The molecule has 0 aliphatic heterocycles. The molecule has 0 aromatic carbocycles. The van der Waals surface area contributed by atoms with Crippen molar-refractivity contribution in [1.82, 2.24) is 4.90 Å². The molecular weight excluding hydrogens is 212 g/mol. The first-order chi connectivity index (χ1) is 7.85. The molecule has 0 amide bonds. The second kappa shape index (κ2) is 5.68. The van der Waals surface area contributed by atoms with Crippen molar-refractivity contribution in [3.63, 3.8) is 0 Å². The maximum absolute atomic E-state index is 9.43. The molecule has 0 radical (unpaired) electrons. The lowest BCUT2D eigenvalue weighted by Crippen LogP contribution is -2.52. The summed E-state index contributed by atoms with van der Waals surface area (Å²) in [7, 11) is 2.10. The van der Waals surface area contributed by atoms with E-state index in [1.807, 2.05) is 0 Å². The van der Waals surface area contributed by atoms with Crippen LogP contribution in [0.3, 0.4) is 0 Å². The van der Waals surface area contributed by atoms with E-state index in [1.54, 1.807) is 0 Å². The zero-order chi connectivity index (χ0) is 13.1.